The molecule has 2 rings (SSSR count). The number of rotatable bonds is 7. The lowest BCUT2D eigenvalue weighted by Crippen LogP contribution is -2.37. The monoisotopic (exact) mass is 480 g/mol. The van der Waals surface area contributed by atoms with Crippen molar-refractivity contribution in [2.45, 2.75) is 58.1 Å². The van der Waals surface area contributed by atoms with Gasteiger partial charge in [-0.2, -0.15) is 0 Å². The second-order valence-corrected chi connectivity index (χ2v) is 7.26. The second-order valence-electron chi connectivity index (χ2n) is 7.26. The molecule has 0 radical (unpaired) electrons. The van der Waals surface area contributed by atoms with E-state index in [0.717, 1.165) is 57.3 Å². The van der Waals surface area contributed by atoms with E-state index in [4.69, 9.17) is 13.9 Å². The molecule has 26 heavy (non-hydrogen) atoms. The van der Waals surface area contributed by atoms with Gasteiger partial charge in [0.15, 0.2) is 5.96 Å². The Balaban J connectivity index is 0.00000338. The van der Waals surface area contributed by atoms with E-state index in [0.29, 0.717) is 18.5 Å². The minimum atomic E-state index is -0.0321. The Kier molecular flexibility index (Phi) is 10.5. The normalized spacial score (nSPS) is 16.2. The SMILES string of the molecule is CN=C(NCCCOC1CCOCC1)NCc1ncc(C(C)(C)C)o1.I. The number of guanidine groups is 1. The van der Waals surface area contributed by atoms with Crippen molar-refractivity contribution in [3.05, 3.63) is 17.8 Å². The highest BCUT2D eigenvalue weighted by molar-refractivity contribution is 14.0. The highest BCUT2D eigenvalue weighted by Gasteiger charge is 2.19. The van der Waals surface area contributed by atoms with E-state index in [1.165, 1.54) is 0 Å². The van der Waals surface area contributed by atoms with Gasteiger partial charge in [0.05, 0.1) is 18.8 Å². The first-order chi connectivity index (χ1) is 12.0. The van der Waals surface area contributed by atoms with Crippen LogP contribution in [0.5, 0.6) is 0 Å². The average Bonchev–Trinajstić information content (AvgIpc) is 3.07. The van der Waals surface area contributed by atoms with Crippen LogP contribution in [0.2, 0.25) is 0 Å². The van der Waals surface area contributed by atoms with E-state index < -0.39 is 0 Å². The van der Waals surface area contributed by atoms with Gasteiger partial charge >= 0.3 is 0 Å². The summed E-state index contributed by atoms with van der Waals surface area (Å²) in [7, 11) is 1.75. The quantitative estimate of drug-likeness (QED) is 0.271. The van der Waals surface area contributed by atoms with Crippen molar-refractivity contribution >= 4 is 29.9 Å². The number of hydrogen-bond acceptors (Lipinski definition) is 5. The molecule has 0 spiro atoms. The highest BCUT2D eigenvalue weighted by atomic mass is 127. The summed E-state index contributed by atoms with van der Waals surface area (Å²) >= 11 is 0. The average molecular weight is 480 g/mol. The molecular formula is C18H33IN4O3. The fraction of sp³-hybridized carbons (Fsp3) is 0.778. The van der Waals surface area contributed by atoms with Gasteiger partial charge in [-0.15, -0.1) is 24.0 Å². The second kappa shape index (κ2) is 11.8. The van der Waals surface area contributed by atoms with E-state index in [2.05, 4.69) is 41.4 Å². The molecule has 2 N–H and O–H groups in total. The summed E-state index contributed by atoms with van der Waals surface area (Å²) in [5.74, 6) is 2.29. The summed E-state index contributed by atoms with van der Waals surface area (Å²) in [6.07, 6.45) is 5.09. The molecule has 2 heterocycles. The summed E-state index contributed by atoms with van der Waals surface area (Å²) in [4.78, 5) is 8.52. The molecule has 7 nitrogen and oxygen atoms in total. The summed E-state index contributed by atoms with van der Waals surface area (Å²) < 4.78 is 17.0. The van der Waals surface area contributed by atoms with Gasteiger partial charge in [0.1, 0.15) is 5.76 Å². The van der Waals surface area contributed by atoms with Crippen LogP contribution < -0.4 is 10.6 Å². The van der Waals surface area contributed by atoms with Crippen molar-refractivity contribution in [1.29, 1.82) is 0 Å². The number of halogens is 1. The molecule has 1 aromatic heterocycles. The number of oxazole rings is 1. The lowest BCUT2D eigenvalue weighted by Gasteiger charge is -2.22. The number of aromatic nitrogens is 1. The first kappa shape index (κ1) is 23.2. The summed E-state index contributed by atoms with van der Waals surface area (Å²) in [6, 6.07) is 0. The van der Waals surface area contributed by atoms with Gasteiger partial charge < -0.3 is 24.5 Å². The molecule has 0 aliphatic carbocycles. The van der Waals surface area contributed by atoms with Gasteiger partial charge in [-0.3, -0.25) is 4.99 Å². The highest BCUT2D eigenvalue weighted by Crippen LogP contribution is 2.22. The molecule has 1 fully saturated rings. The fourth-order valence-corrected chi connectivity index (χ4v) is 2.49. The van der Waals surface area contributed by atoms with Gasteiger partial charge in [0.2, 0.25) is 5.89 Å². The van der Waals surface area contributed by atoms with Crippen LogP contribution >= 0.6 is 24.0 Å². The van der Waals surface area contributed by atoms with Gasteiger partial charge in [0, 0.05) is 38.8 Å². The van der Waals surface area contributed by atoms with Crippen molar-refractivity contribution in [2.24, 2.45) is 4.99 Å². The third kappa shape index (κ3) is 8.22. The molecular weight excluding hydrogens is 447 g/mol. The molecule has 0 atom stereocenters. The van der Waals surface area contributed by atoms with Crippen LogP contribution in [-0.4, -0.2) is 50.5 Å². The summed E-state index contributed by atoms with van der Waals surface area (Å²) in [6.45, 7) is 10.0. The first-order valence-corrected chi connectivity index (χ1v) is 9.08. The fourth-order valence-electron chi connectivity index (χ4n) is 2.49. The Morgan fingerprint density at radius 2 is 2.04 bits per heavy atom. The van der Waals surface area contributed by atoms with E-state index in [1.54, 1.807) is 13.2 Å². The zero-order valence-corrected chi connectivity index (χ0v) is 18.7. The van der Waals surface area contributed by atoms with Crippen LogP contribution in [0.25, 0.3) is 0 Å². The minimum absolute atomic E-state index is 0. The molecule has 8 heteroatoms. The predicted octanol–water partition coefficient (Wildman–Crippen LogP) is 2.84. The molecule has 0 unspecified atom stereocenters. The zero-order valence-electron chi connectivity index (χ0n) is 16.3. The first-order valence-electron chi connectivity index (χ1n) is 9.08. The molecule has 0 saturated carbocycles. The maximum atomic E-state index is 5.86. The van der Waals surface area contributed by atoms with Crippen LogP contribution in [-0.2, 0) is 21.4 Å². The van der Waals surface area contributed by atoms with Crippen molar-refractivity contribution in [1.82, 2.24) is 15.6 Å². The number of nitrogens with one attached hydrogen (secondary N) is 2. The van der Waals surface area contributed by atoms with E-state index in [9.17, 15) is 0 Å². The van der Waals surface area contributed by atoms with Crippen molar-refractivity contribution < 1.29 is 13.9 Å². The van der Waals surface area contributed by atoms with Gasteiger partial charge in [0.25, 0.3) is 0 Å². The largest absolute Gasteiger partial charge is 0.443 e. The maximum Gasteiger partial charge on any atom is 0.213 e. The van der Waals surface area contributed by atoms with Crippen LogP contribution in [0.15, 0.2) is 15.6 Å². The Morgan fingerprint density at radius 1 is 1.31 bits per heavy atom. The standard InChI is InChI=1S/C18H32N4O3.HI/c1-18(2,3)15-12-21-16(25-15)13-22-17(19-4)20-8-5-9-24-14-6-10-23-11-7-14;/h12,14H,5-11,13H2,1-4H3,(H2,19,20,22);1H. The lowest BCUT2D eigenvalue weighted by molar-refractivity contribution is -0.0320. The third-order valence-corrected chi connectivity index (χ3v) is 4.06. The molecule has 1 aromatic rings. The van der Waals surface area contributed by atoms with E-state index in [-0.39, 0.29) is 29.4 Å². The van der Waals surface area contributed by atoms with E-state index in [1.807, 2.05) is 0 Å². The Bertz CT molecular complexity index is 537. The smallest absolute Gasteiger partial charge is 0.213 e. The molecule has 0 amide bonds. The van der Waals surface area contributed by atoms with Crippen molar-refractivity contribution in [3.8, 4) is 0 Å². The van der Waals surface area contributed by atoms with Crippen molar-refractivity contribution in [2.75, 3.05) is 33.4 Å². The third-order valence-electron chi connectivity index (χ3n) is 4.06. The molecule has 1 aliphatic heterocycles. The van der Waals surface area contributed by atoms with E-state index >= 15 is 0 Å². The van der Waals surface area contributed by atoms with Gasteiger partial charge in [-0.1, -0.05) is 20.8 Å². The predicted molar refractivity (Wildman–Crippen MR) is 113 cm³/mol. The van der Waals surface area contributed by atoms with Gasteiger partial charge in [-0.25, -0.2) is 4.98 Å². The van der Waals surface area contributed by atoms with Gasteiger partial charge in [-0.05, 0) is 19.3 Å². The maximum absolute atomic E-state index is 5.86. The van der Waals surface area contributed by atoms with Crippen LogP contribution in [0.1, 0.15) is 51.7 Å². The molecule has 1 aliphatic rings. The molecule has 0 aromatic carbocycles. The molecule has 1 saturated heterocycles. The lowest BCUT2D eigenvalue weighted by atomic mass is 9.94. The Morgan fingerprint density at radius 3 is 2.65 bits per heavy atom. The minimum Gasteiger partial charge on any atom is -0.443 e. The summed E-state index contributed by atoms with van der Waals surface area (Å²) in [5.41, 5.74) is -0.0321. The Labute approximate surface area is 173 Å². The van der Waals surface area contributed by atoms with Crippen LogP contribution in [0.4, 0.5) is 0 Å². The number of ether oxygens (including phenoxy) is 2. The summed E-state index contributed by atoms with van der Waals surface area (Å²) in [5, 5.41) is 6.50. The van der Waals surface area contributed by atoms with Crippen molar-refractivity contribution in [3.63, 3.8) is 0 Å². The number of hydrogen-bond donors (Lipinski definition) is 2. The topological polar surface area (TPSA) is 80.9 Å². The van der Waals surface area contributed by atoms with Crippen LogP contribution in [0, 0.1) is 0 Å². The number of aliphatic imine (C=N–C) groups is 1. The zero-order chi connectivity index (χ0) is 18.1. The number of nitrogens with zero attached hydrogens (tertiary/aromatic N) is 2. The molecule has 0 bridgehead atoms. The Hall–Kier alpha value is -0.870. The van der Waals surface area contributed by atoms with Crippen LogP contribution in [0.3, 0.4) is 0 Å². The molecule has 150 valence electrons.